The Balaban J connectivity index is 1.65. The second kappa shape index (κ2) is 8.20. The van der Waals surface area contributed by atoms with E-state index in [0.29, 0.717) is 5.11 Å². The van der Waals surface area contributed by atoms with Crippen LogP contribution < -0.4 is 15.0 Å². The number of nitrogens with one attached hydrogen (secondary N) is 1. The molecule has 1 saturated heterocycles. The zero-order chi connectivity index (χ0) is 21.2. The van der Waals surface area contributed by atoms with Crippen molar-refractivity contribution in [2.24, 2.45) is 0 Å². The summed E-state index contributed by atoms with van der Waals surface area (Å²) in [6, 6.07) is 21.8. The molecule has 6 nitrogen and oxygen atoms in total. The minimum Gasteiger partial charge on any atom is -0.497 e. The zero-order valence-corrected chi connectivity index (χ0v) is 17.7. The molecule has 1 N–H and O–H groups in total. The third-order valence-electron chi connectivity index (χ3n) is 5.46. The number of anilines is 1. The Morgan fingerprint density at radius 3 is 2.52 bits per heavy atom. The van der Waals surface area contributed by atoms with Crippen molar-refractivity contribution in [3.63, 3.8) is 0 Å². The number of hydrogen-bond acceptors (Lipinski definition) is 4. The number of methoxy groups -OCH3 is 1. The molecule has 1 aliphatic heterocycles. The van der Waals surface area contributed by atoms with Crippen molar-refractivity contribution in [1.29, 1.82) is 0 Å². The van der Waals surface area contributed by atoms with Gasteiger partial charge in [-0.25, -0.2) is 0 Å². The van der Waals surface area contributed by atoms with Crippen LogP contribution in [0.2, 0.25) is 0 Å². The van der Waals surface area contributed by atoms with E-state index in [1.54, 1.807) is 13.3 Å². The van der Waals surface area contributed by atoms with Gasteiger partial charge in [0.15, 0.2) is 5.11 Å². The average molecular weight is 428 g/mol. The van der Waals surface area contributed by atoms with Gasteiger partial charge in [0.2, 0.25) is 0 Å². The first-order valence-electron chi connectivity index (χ1n) is 9.98. The first-order chi connectivity index (χ1) is 15.3. The molecule has 1 aromatic carbocycles. The summed E-state index contributed by atoms with van der Waals surface area (Å²) in [6.45, 7) is 0. The van der Waals surface area contributed by atoms with Gasteiger partial charge in [0, 0.05) is 30.0 Å². The summed E-state index contributed by atoms with van der Waals surface area (Å²) in [6.07, 6.45) is 7.50. The Labute approximate surface area is 186 Å². The third kappa shape index (κ3) is 3.53. The predicted octanol–water partition coefficient (Wildman–Crippen LogP) is 4.45. The SMILES string of the molecule is COc1ccc(N2C(=S)N[C@H](c3ccccn3)[C@H]2c2cccn2-c2cccnc2)cc1. The molecular formula is C24H21N5OS. The van der Waals surface area contributed by atoms with E-state index < -0.39 is 0 Å². The van der Waals surface area contributed by atoms with Gasteiger partial charge in [-0.15, -0.1) is 0 Å². The van der Waals surface area contributed by atoms with E-state index in [2.05, 4.69) is 37.0 Å². The highest BCUT2D eigenvalue weighted by atomic mass is 32.1. The van der Waals surface area contributed by atoms with Gasteiger partial charge in [0.25, 0.3) is 0 Å². The number of nitrogens with zero attached hydrogens (tertiary/aromatic N) is 4. The lowest BCUT2D eigenvalue weighted by atomic mass is 10.0. The van der Waals surface area contributed by atoms with Crippen LogP contribution in [0.5, 0.6) is 5.75 Å². The number of benzene rings is 1. The van der Waals surface area contributed by atoms with Gasteiger partial charge >= 0.3 is 0 Å². The highest BCUT2D eigenvalue weighted by molar-refractivity contribution is 7.80. The van der Waals surface area contributed by atoms with Crippen molar-refractivity contribution in [3.05, 3.63) is 103 Å². The van der Waals surface area contributed by atoms with Crippen LogP contribution in [0.3, 0.4) is 0 Å². The van der Waals surface area contributed by atoms with Crippen LogP contribution in [0.15, 0.2) is 91.5 Å². The molecule has 31 heavy (non-hydrogen) atoms. The van der Waals surface area contributed by atoms with Gasteiger partial charge in [-0.1, -0.05) is 6.07 Å². The molecule has 0 radical (unpaired) electrons. The van der Waals surface area contributed by atoms with Crippen molar-refractivity contribution in [2.45, 2.75) is 12.1 Å². The Morgan fingerprint density at radius 1 is 0.935 bits per heavy atom. The highest BCUT2D eigenvalue weighted by Gasteiger charge is 2.42. The quantitative estimate of drug-likeness (QED) is 0.475. The number of aromatic nitrogens is 3. The van der Waals surface area contributed by atoms with Crippen molar-refractivity contribution in [1.82, 2.24) is 19.9 Å². The van der Waals surface area contributed by atoms with Crippen LogP contribution >= 0.6 is 12.2 Å². The predicted molar refractivity (Wildman–Crippen MR) is 124 cm³/mol. The Morgan fingerprint density at radius 2 is 1.81 bits per heavy atom. The molecule has 5 rings (SSSR count). The molecule has 0 unspecified atom stereocenters. The third-order valence-corrected chi connectivity index (χ3v) is 5.77. The molecule has 7 heteroatoms. The van der Waals surface area contributed by atoms with Gasteiger partial charge in [0.05, 0.1) is 30.7 Å². The standard InChI is InChI=1S/C24H21N5OS/c1-30-19-11-9-17(10-12-19)29-23(22(27-24(29)31)20-7-2-3-14-26-20)21-8-5-15-28(21)18-6-4-13-25-16-18/h2-16,22-23H,1H3,(H,27,31)/t22-,23-/m1/s1. The maximum Gasteiger partial charge on any atom is 0.174 e. The number of rotatable bonds is 5. The number of thiocarbonyl (C=S) groups is 1. The molecule has 154 valence electrons. The normalized spacial score (nSPS) is 18.1. The van der Waals surface area contributed by atoms with Gasteiger partial charge in [-0.3, -0.25) is 9.97 Å². The second-order valence-corrected chi connectivity index (χ2v) is 7.60. The molecule has 0 aliphatic carbocycles. The minimum atomic E-state index is -0.110. The average Bonchev–Trinajstić information content (AvgIpc) is 3.44. The van der Waals surface area contributed by atoms with Crippen LogP contribution in [-0.4, -0.2) is 26.8 Å². The second-order valence-electron chi connectivity index (χ2n) is 7.21. The summed E-state index contributed by atoms with van der Waals surface area (Å²) in [4.78, 5) is 11.1. The number of ether oxygens (including phenoxy) is 1. The Bertz CT molecular complexity index is 1180. The summed E-state index contributed by atoms with van der Waals surface area (Å²) < 4.78 is 7.49. The van der Waals surface area contributed by atoms with Crippen LogP contribution in [0.25, 0.3) is 5.69 Å². The van der Waals surface area contributed by atoms with E-state index in [-0.39, 0.29) is 12.1 Å². The fourth-order valence-corrected chi connectivity index (χ4v) is 4.39. The van der Waals surface area contributed by atoms with E-state index in [1.165, 1.54) is 0 Å². The molecule has 0 saturated carbocycles. The van der Waals surface area contributed by atoms with E-state index in [1.807, 2.05) is 73.1 Å². The lowest BCUT2D eigenvalue weighted by Gasteiger charge is -2.29. The van der Waals surface area contributed by atoms with E-state index >= 15 is 0 Å². The maximum atomic E-state index is 5.81. The van der Waals surface area contributed by atoms with E-state index in [9.17, 15) is 0 Å². The zero-order valence-electron chi connectivity index (χ0n) is 16.9. The summed E-state index contributed by atoms with van der Waals surface area (Å²) in [7, 11) is 1.66. The van der Waals surface area contributed by atoms with Gasteiger partial charge in [-0.2, -0.15) is 0 Å². The maximum absolute atomic E-state index is 5.81. The van der Waals surface area contributed by atoms with Crippen LogP contribution in [-0.2, 0) is 0 Å². The molecule has 3 aromatic heterocycles. The first kappa shape index (κ1) is 19.3. The van der Waals surface area contributed by atoms with Crippen LogP contribution in [0.4, 0.5) is 5.69 Å². The molecule has 1 aliphatic rings. The lowest BCUT2D eigenvalue weighted by molar-refractivity contribution is 0.415. The number of pyridine rings is 2. The lowest BCUT2D eigenvalue weighted by Crippen LogP contribution is -2.30. The summed E-state index contributed by atoms with van der Waals surface area (Å²) in [5, 5.41) is 4.16. The van der Waals surface area contributed by atoms with Crippen molar-refractivity contribution in [2.75, 3.05) is 12.0 Å². The summed E-state index contributed by atoms with van der Waals surface area (Å²) in [5.74, 6) is 0.804. The van der Waals surface area contributed by atoms with E-state index in [0.717, 1.165) is 28.5 Å². The molecule has 4 heterocycles. The monoisotopic (exact) mass is 427 g/mol. The van der Waals surface area contributed by atoms with E-state index in [4.69, 9.17) is 17.0 Å². The van der Waals surface area contributed by atoms with Gasteiger partial charge in [-0.05, 0) is 72.9 Å². The molecular weight excluding hydrogens is 406 g/mol. The van der Waals surface area contributed by atoms with Gasteiger partial charge in [0.1, 0.15) is 11.8 Å². The van der Waals surface area contributed by atoms with Crippen LogP contribution in [0, 0.1) is 0 Å². The van der Waals surface area contributed by atoms with Crippen LogP contribution in [0.1, 0.15) is 23.5 Å². The Kier molecular flexibility index (Phi) is 5.09. The summed E-state index contributed by atoms with van der Waals surface area (Å²) >= 11 is 5.81. The molecule has 1 fully saturated rings. The van der Waals surface area contributed by atoms with Crippen molar-refractivity contribution >= 4 is 23.0 Å². The summed E-state index contributed by atoms with van der Waals surface area (Å²) in [5.41, 5.74) is 4.01. The fourth-order valence-electron chi connectivity index (χ4n) is 4.04. The number of hydrogen-bond donors (Lipinski definition) is 1. The highest BCUT2D eigenvalue weighted by Crippen LogP contribution is 2.42. The minimum absolute atomic E-state index is 0.106. The smallest absolute Gasteiger partial charge is 0.174 e. The first-order valence-corrected chi connectivity index (χ1v) is 10.4. The molecule has 4 aromatic rings. The molecule has 0 amide bonds. The molecule has 0 bridgehead atoms. The topological polar surface area (TPSA) is 55.2 Å². The van der Waals surface area contributed by atoms with Crippen molar-refractivity contribution < 1.29 is 4.74 Å². The van der Waals surface area contributed by atoms with Crippen molar-refractivity contribution in [3.8, 4) is 11.4 Å². The largest absolute Gasteiger partial charge is 0.497 e. The Hall–Kier alpha value is -3.71. The molecule has 2 atom stereocenters. The van der Waals surface area contributed by atoms with Gasteiger partial charge < -0.3 is 19.5 Å². The molecule has 0 spiro atoms. The fraction of sp³-hybridized carbons (Fsp3) is 0.125.